The molecule has 1 saturated heterocycles. The van der Waals surface area contributed by atoms with Crippen LogP contribution in [0.2, 0.25) is 0 Å². The minimum Gasteiger partial charge on any atom is -0.394 e. The molecule has 128 valence electrons. The summed E-state index contributed by atoms with van der Waals surface area (Å²) in [5.41, 5.74) is 1.74. The van der Waals surface area contributed by atoms with Crippen LogP contribution in [0.3, 0.4) is 0 Å². The third-order valence-electron chi connectivity index (χ3n) is 4.05. The third-order valence-corrected chi connectivity index (χ3v) is 4.05. The van der Waals surface area contributed by atoms with Gasteiger partial charge < -0.3 is 25.4 Å². The Kier molecular flexibility index (Phi) is 4.72. The first-order chi connectivity index (χ1) is 11.5. The molecule has 1 amide bonds. The van der Waals surface area contributed by atoms with Crippen LogP contribution in [0.15, 0.2) is 30.5 Å². The molecule has 0 spiro atoms. The molecule has 1 fully saturated rings. The summed E-state index contributed by atoms with van der Waals surface area (Å²) in [6.07, 6.45) is -2.96. The first-order valence-electron chi connectivity index (χ1n) is 7.62. The molecule has 24 heavy (non-hydrogen) atoms. The van der Waals surface area contributed by atoms with Crippen LogP contribution in [0.4, 0.5) is 0 Å². The zero-order valence-electron chi connectivity index (χ0n) is 13.0. The largest absolute Gasteiger partial charge is 0.394 e. The molecule has 1 aromatic heterocycles. The van der Waals surface area contributed by atoms with Crippen LogP contribution in [0.5, 0.6) is 0 Å². The third kappa shape index (κ3) is 3.09. The van der Waals surface area contributed by atoms with Crippen molar-refractivity contribution in [2.45, 2.75) is 37.4 Å². The van der Waals surface area contributed by atoms with Crippen LogP contribution in [0.25, 0.3) is 11.0 Å². The van der Waals surface area contributed by atoms with Gasteiger partial charge in [0.15, 0.2) is 0 Å². The number of para-hydroxylation sites is 2. The summed E-state index contributed by atoms with van der Waals surface area (Å²) in [5, 5.41) is 32.3. The molecular weight excluding hydrogens is 314 g/mol. The quantitative estimate of drug-likeness (QED) is 0.585. The number of rotatable bonds is 3. The van der Waals surface area contributed by atoms with Crippen molar-refractivity contribution in [3.05, 3.63) is 36.2 Å². The van der Waals surface area contributed by atoms with Gasteiger partial charge in [-0.05, 0) is 12.1 Å². The Morgan fingerprint density at radius 2 is 1.96 bits per heavy atom. The zero-order valence-corrected chi connectivity index (χ0v) is 13.0. The molecule has 0 unspecified atom stereocenters. The van der Waals surface area contributed by atoms with Crippen LogP contribution in [-0.4, -0.2) is 62.2 Å². The second-order valence-electron chi connectivity index (χ2n) is 5.77. The number of ether oxygens (including phenoxy) is 1. The first-order valence-corrected chi connectivity index (χ1v) is 7.62. The number of amides is 1. The van der Waals surface area contributed by atoms with Crippen molar-refractivity contribution >= 4 is 16.9 Å². The van der Waals surface area contributed by atoms with E-state index in [1.807, 2.05) is 18.2 Å². The predicted octanol–water partition coefficient (Wildman–Crippen LogP) is -0.711. The van der Waals surface area contributed by atoms with E-state index in [1.165, 1.54) is 13.1 Å². The number of fused-ring (bicyclic) bond motifs is 1. The summed E-state index contributed by atoms with van der Waals surface area (Å²) >= 11 is 0. The number of hydrogen-bond donors (Lipinski definition) is 4. The Labute approximate surface area is 138 Å². The van der Waals surface area contributed by atoms with Crippen molar-refractivity contribution < 1.29 is 24.9 Å². The standard InChI is InChI=1S/C16H19N3O5/c1-8(21)18-13-15(23)14(22)12(7-20)24-16(13)11-6-17-9-4-2-3-5-10(9)19-11/h2-6,12-16,20,22-23H,7H2,1H3,(H,18,21)/t12-,13-,14-,15-,16+/m1/s1. The van der Waals surface area contributed by atoms with Crippen molar-refractivity contribution in [3.8, 4) is 0 Å². The highest BCUT2D eigenvalue weighted by Gasteiger charge is 2.45. The summed E-state index contributed by atoms with van der Waals surface area (Å²) in [4.78, 5) is 20.2. The number of aliphatic hydroxyl groups is 3. The Balaban J connectivity index is 2.00. The van der Waals surface area contributed by atoms with E-state index in [0.717, 1.165) is 0 Å². The number of nitrogens with one attached hydrogen (secondary N) is 1. The number of carbonyl (C=O) groups is 1. The molecule has 8 heteroatoms. The number of benzene rings is 1. The minimum atomic E-state index is -1.32. The molecule has 0 saturated carbocycles. The van der Waals surface area contributed by atoms with Gasteiger partial charge in [0.2, 0.25) is 5.91 Å². The summed E-state index contributed by atoms with van der Waals surface area (Å²) in [6, 6.07) is 6.36. The van der Waals surface area contributed by atoms with E-state index in [1.54, 1.807) is 6.07 Å². The van der Waals surface area contributed by atoms with Gasteiger partial charge in [-0.3, -0.25) is 9.78 Å². The first kappa shape index (κ1) is 16.7. The normalized spacial score (nSPS) is 30.2. The summed E-state index contributed by atoms with van der Waals surface area (Å²) in [5.74, 6) is -0.379. The van der Waals surface area contributed by atoms with E-state index < -0.39 is 37.1 Å². The van der Waals surface area contributed by atoms with Crippen molar-refractivity contribution in [2.75, 3.05) is 6.61 Å². The minimum absolute atomic E-state index is 0.379. The van der Waals surface area contributed by atoms with Gasteiger partial charge in [0.05, 0.1) is 35.6 Å². The zero-order chi connectivity index (χ0) is 17.3. The second kappa shape index (κ2) is 6.78. The van der Waals surface area contributed by atoms with Gasteiger partial charge in [-0.15, -0.1) is 0 Å². The molecule has 4 N–H and O–H groups in total. The fraction of sp³-hybridized carbons (Fsp3) is 0.438. The van der Waals surface area contributed by atoms with Crippen LogP contribution in [-0.2, 0) is 9.53 Å². The van der Waals surface area contributed by atoms with Crippen molar-refractivity contribution in [2.24, 2.45) is 0 Å². The second-order valence-corrected chi connectivity index (χ2v) is 5.77. The lowest BCUT2D eigenvalue weighted by Gasteiger charge is -2.42. The lowest BCUT2D eigenvalue weighted by molar-refractivity contribution is -0.198. The van der Waals surface area contributed by atoms with E-state index in [4.69, 9.17) is 4.74 Å². The fourth-order valence-corrected chi connectivity index (χ4v) is 2.87. The van der Waals surface area contributed by atoms with Crippen molar-refractivity contribution in [3.63, 3.8) is 0 Å². The van der Waals surface area contributed by atoms with E-state index in [9.17, 15) is 20.1 Å². The maximum absolute atomic E-state index is 11.5. The molecule has 3 rings (SSSR count). The maximum atomic E-state index is 11.5. The molecule has 1 aliphatic rings. The average molecular weight is 333 g/mol. The van der Waals surface area contributed by atoms with Gasteiger partial charge in [-0.25, -0.2) is 4.98 Å². The maximum Gasteiger partial charge on any atom is 0.217 e. The lowest BCUT2D eigenvalue weighted by atomic mass is 9.91. The molecule has 5 atom stereocenters. The summed E-state index contributed by atoms with van der Waals surface area (Å²) < 4.78 is 5.69. The number of hydrogen-bond acceptors (Lipinski definition) is 7. The molecule has 8 nitrogen and oxygen atoms in total. The van der Waals surface area contributed by atoms with Crippen LogP contribution >= 0.6 is 0 Å². The van der Waals surface area contributed by atoms with E-state index in [-0.39, 0.29) is 5.91 Å². The highest BCUT2D eigenvalue weighted by molar-refractivity contribution is 5.74. The molecule has 0 aliphatic carbocycles. The van der Waals surface area contributed by atoms with Crippen LogP contribution in [0, 0.1) is 0 Å². The average Bonchev–Trinajstić information content (AvgIpc) is 2.58. The van der Waals surface area contributed by atoms with E-state index in [2.05, 4.69) is 15.3 Å². The highest BCUT2D eigenvalue weighted by Crippen LogP contribution is 2.31. The van der Waals surface area contributed by atoms with Gasteiger partial charge in [0.25, 0.3) is 0 Å². The predicted molar refractivity (Wildman–Crippen MR) is 83.9 cm³/mol. The Hall–Kier alpha value is -2.13. The highest BCUT2D eigenvalue weighted by atomic mass is 16.5. The Bertz CT molecular complexity index is 740. The van der Waals surface area contributed by atoms with E-state index >= 15 is 0 Å². The number of aromatic nitrogens is 2. The molecule has 0 radical (unpaired) electrons. The van der Waals surface area contributed by atoms with Crippen molar-refractivity contribution in [1.82, 2.24) is 15.3 Å². The molecule has 2 heterocycles. The van der Waals surface area contributed by atoms with Gasteiger partial charge in [0, 0.05) is 6.92 Å². The number of carbonyl (C=O) groups excluding carboxylic acids is 1. The van der Waals surface area contributed by atoms with Crippen molar-refractivity contribution in [1.29, 1.82) is 0 Å². The van der Waals surface area contributed by atoms with Crippen LogP contribution in [0.1, 0.15) is 18.7 Å². The Morgan fingerprint density at radius 3 is 2.62 bits per heavy atom. The summed E-state index contributed by atoms with van der Waals surface area (Å²) in [7, 11) is 0. The number of aliphatic hydroxyl groups excluding tert-OH is 3. The van der Waals surface area contributed by atoms with Gasteiger partial charge in [0.1, 0.15) is 24.4 Å². The fourth-order valence-electron chi connectivity index (χ4n) is 2.87. The molecule has 2 aromatic rings. The van der Waals surface area contributed by atoms with Gasteiger partial charge >= 0.3 is 0 Å². The summed E-state index contributed by atoms with van der Waals surface area (Å²) in [6.45, 7) is 0.836. The van der Waals surface area contributed by atoms with Crippen LogP contribution < -0.4 is 5.32 Å². The Morgan fingerprint density at radius 1 is 1.25 bits per heavy atom. The van der Waals surface area contributed by atoms with E-state index in [0.29, 0.717) is 16.7 Å². The molecule has 1 aliphatic heterocycles. The topological polar surface area (TPSA) is 125 Å². The smallest absolute Gasteiger partial charge is 0.217 e. The SMILES string of the molecule is CC(=O)N[C@@H]1[C@@H](O)[C@H](O)[C@@H](CO)O[C@H]1c1cnc2ccccc2n1. The number of nitrogens with zero attached hydrogens (tertiary/aromatic N) is 2. The monoisotopic (exact) mass is 333 g/mol. The molecular formula is C16H19N3O5. The lowest BCUT2D eigenvalue weighted by Crippen LogP contribution is -2.60. The molecule has 1 aromatic carbocycles. The molecule has 0 bridgehead atoms. The van der Waals surface area contributed by atoms with Gasteiger partial charge in [-0.2, -0.15) is 0 Å². The van der Waals surface area contributed by atoms with Gasteiger partial charge in [-0.1, -0.05) is 12.1 Å².